The van der Waals surface area contributed by atoms with Gasteiger partial charge in [-0.15, -0.1) is 0 Å². The number of aromatic amines is 1. The summed E-state index contributed by atoms with van der Waals surface area (Å²) >= 11 is 0. The molecule has 2 aliphatic rings. The predicted octanol–water partition coefficient (Wildman–Crippen LogP) is 3.01. The molecule has 8 heteroatoms. The quantitative estimate of drug-likeness (QED) is 0.747. The van der Waals surface area contributed by atoms with Crippen molar-refractivity contribution >= 4 is 17.6 Å². The molecule has 1 aliphatic heterocycles. The number of nitrogens with one attached hydrogen (secondary N) is 3. The minimum Gasteiger partial charge on any atom is -0.446 e. The third kappa shape index (κ3) is 4.05. The van der Waals surface area contributed by atoms with E-state index in [0.29, 0.717) is 19.1 Å². The van der Waals surface area contributed by atoms with E-state index >= 15 is 0 Å². The van der Waals surface area contributed by atoms with E-state index in [1.165, 1.54) is 0 Å². The van der Waals surface area contributed by atoms with Gasteiger partial charge in [-0.25, -0.2) is 4.79 Å². The van der Waals surface area contributed by atoms with Crippen molar-refractivity contribution in [3.05, 3.63) is 35.8 Å². The Kier molecular flexibility index (Phi) is 4.73. The first-order valence-corrected chi connectivity index (χ1v) is 9.31. The van der Waals surface area contributed by atoms with Crippen LogP contribution in [0.5, 0.6) is 0 Å². The maximum atomic E-state index is 12.1. The van der Waals surface area contributed by atoms with E-state index < -0.39 is 0 Å². The molecule has 144 valence electrons. The van der Waals surface area contributed by atoms with E-state index in [4.69, 9.17) is 9.47 Å². The van der Waals surface area contributed by atoms with Gasteiger partial charge in [0.15, 0.2) is 5.82 Å². The van der Waals surface area contributed by atoms with E-state index in [2.05, 4.69) is 25.8 Å². The Balaban J connectivity index is 1.31. The fourth-order valence-corrected chi connectivity index (χ4v) is 3.60. The second-order valence-electron chi connectivity index (χ2n) is 7.69. The minimum absolute atomic E-state index is 0.0696. The SMILES string of the molecule is Cc1ncccc1Nc1cc([C@H]2CC[C@@H](OC(=O)NC3(C)COC3)C2)[nH]n1. The Morgan fingerprint density at radius 3 is 3.00 bits per heavy atom. The number of aryl methyl sites for hydroxylation is 1. The highest BCUT2D eigenvalue weighted by atomic mass is 16.6. The molecule has 2 aromatic heterocycles. The van der Waals surface area contributed by atoms with Gasteiger partial charge in [0.25, 0.3) is 0 Å². The van der Waals surface area contributed by atoms with Crippen molar-refractivity contribution in [1.29, 1.82) is 0 Å². The molecule has 0 spiro atoms. The maximum Gasteiger partial charge on any atom is 0.407 e. The Morgan fingerprint density at radius 2 is 2.26 bits per heavy atom. The van der Waals surface area contributed by atoms with Crippen molar-refractivity contribution in [2.24, 2.45) is 0 Å². The Hall–Kier alpha value is -2.61. The fraction of sp³-hybridized carbons (Fsp3) is 0.526. The van der Waals surface area contributed by atoms with Gasteiger partial charge >= 0.3 is 6.09 Å². The molecule has 3 heterocycles. The number of anilines is 2. The molecule has 0 bridgehead atoms. The summed E-state index contributed by atoms with van der Waals surface area (Å²) in [5.41, 5.74) is 2.63. The summed E-state index contributed by atoms with van der Waals surface area (Å²) in [4.78, 5) is 16.3. The minimum atomic E-state index is -0.356. The highest BCUT2D eigenvalue weighted by Gasteiger charge is 2.37. The summed E-state index contributed by atoms with van der Waals surface area (Å²) in [5, 5.41) is 13.6. The third-order valence-corrected chi connectivity index (χ3v) is 5.21. The molecule has 27 heavy (non-hydrogen) atoms. The van der Waals surface area contributed by atoms with Crippen molar-refractivity contribution in [3.63, 3.8) is 0 Å². The lowest BCUT2D eigenvalue weighted by atomic mass is 10.0. The van der Waals surface area contributed by atoms with Gasteiger partial charge in [-0.05, 0) is 45.2 Å². The van der Waals surface area contributed by atoms with Gasteiger partial charge in [0.2, 0.25) is 0 Å². The van der Waals surface area contributed by atoms with E-state index in [9.17, 15) is 4.79 Å². The van der Waals surface area contributed by atoms with Crippen molar-refractivity contribution in [3.8, 4) is 0 Å². The molecule has 2 atom stereocenters. The van der Waals surface area contributed by atoms with Gasteiger partial charge in [-0.3, -0.25) is 10.1 Å². The average molecular weight is 371 g/mol. The number of ether oxygens (including phenoxy) is 2. The van der Waals surface area contributed by atoms with Crippen LogP contribution in [0.1, 0.15) is 43.5 Å². The van der Waals surface area contributed by atoms with Crippen LogP contribution >= 0.6 is 0 Å². The molecular formula is C19H25N5O3. The summed E-state index contributed by atoms with van der Waals surface area (Å²) < 4.78 is 10.7. The van der Waals surface area contributed by atoms with Crippen LogP contribution in [0, 0.1) is 6.92 Å². The first-order chi connectivity index (χ1) is 13.0. The zero-order valence-corrected chi connectivity index (χ0v) is 15.6. The topological polar surface area (TPSA) is 101 Å². The molecule has 2 aromatic rings. The van der Waals surface area contributed by atoms with Crippen LogP contribution in [-0.4, -0.2) is 46.1 Å². The molecule has 0 radical (unpaired) electrons. The zero-order valence-electron chi connectivity index (χ0n) is 15.6. The fourth-order valence-electron chi connectivity index (χ4n) is 3.60. The highest BCUT2D eigenvalue weighted by Crippen LogP contribution is 2.36. The Bertz CT molecular complexity index is 817. The van der Waals surface area contributed by atoms with Gasteiger partial charge in [0.1, 0.15) is 6.10 Å². The molecule has 0 unspecified atom stereocenters. The number of alkyl carbamates (subject to hydrolysis) is 1. The van der Waals surface area contributed by atoms with Crippen LogP contribution in [0.3, 0.4) is 0 Å². The lowest BCUT2D eigenvalue weighted by Crippen LogP contribution is -2.60. The third-order valence-electron chi connectivity index (χ3n) is 5.21. The predicted molar refractivity (Wildman–Crippen MR) is 100 cm³/mol. The molecule has 4 rings (SSSR count). The van der Waals surface area contributed by atoms with Crippen LogP contribution in [0.4, 0.5) is 16.3 Å². The standard InChI is InChI=1S/C19H25N5O3/c1-12-15(4-3-7-20-12)21-17-9-16(23-24-17)13-5-6-14(8-13)27-18(25)22-19(2)10-26-11-19/h3-4,7,9,13-14H,5-6,8,10-11H2,1-2H3,(H,22,25)(H2,21,23,24)/t13-,14+/m0/s1. The van der Waals surface area contributed by atoms with Crippen LogP contribution in [-0.2, 0) is 9.47 Å². The average Bonchev–Trinajstić information content (AvgIpc) is 3.25. The number of amides is 1. The molecule has 1 aliphatic carbocycles. The molecule has 3 N–H and O–H groups in total. The number of carbonyl (C=O) groups is 1. The van der Waals surface area contributed by atoms with E-state index in [0.717, 1.165) is 42.2 Å². The first-order valence-electron chi connectivity index (χ1n) is 9.31. The number of H-pyrrole nitrogens is 1. The Morgan fingerprint density at radius 1 is 1.41 bits per heavy atom. The summed E-state index contributed by atoms with van der Waals surface area (Å²) in [5.74, 6) is 1.07. The van der Waals surface area contributed by atoms with Gasteiger partial charge in [0, 0.05) is 23.9 Å². The van der Waals surface area contributed by atoms with Crippen LogP contribution in [0.25, 0.3) is 0 Å². The zero-order chi connectivity index (χ0) is 18.9. The monoisotopic (exact) mass is 371 g/mol. The van der Waals surface area contributed by atoms with Crippen LogP contribution in [0.2, 0.25) is 0 Å². The smallest absolute Gasteiger partial charge is 0.407 e. The van der Waals surface area contributed by atoms with Crippen LogP contribution in [0.15, 0.2) is 24.4 Å². The summed E-state index contributed by atoms with van der Waals surface area (Å²) in [7, 11) is 0. The summed E-state index contributed by atoms with van der Waals surface area (Å²) in [6, 6.07) is 5.89. The Labute approximate surface area is 158 Å². The maximum absolute atomic E-state index is 12.1. The van der Waals surface area contributed by atoms with E-state index in [1.807, 2.05) is 32.0 Å². The molecule has 2 fully saturated rings. The molecule has 1 saturated carbocycles. The van der Waals surface area contributed by atoms with Gasteiger partial charge < -0.3 is 20.1 Å². The summed E-state index contributed by atoms with van der Waals surface area (Å²) in [6.07, 6.45) is 3.96. The van der Waals surface area contributed by atoms with Crippen molar-refractivity contribution in [1.82, 2.24) is 20.5 Å². The van der Waals surface area contributed by atoms with Gasteiger partial charge in [-0.1, -0.05) is 0 Å². The van der Waals surface area contributed by atoms with Crippen molar-refractivity contribution in [2.75, 3.05) is 18.5 Å². The lowest BCUT2D eigenvalue weighted by Gasteiger charge is -2.38. The molecular weight excluding hydrogens is 346 g/mol. The van der Waals surface area contributed by atoms with E-state index in [1.54, 1.807) is 6.20 Å². The number of hydrogen-bond acceptors (Lipinski definition) is 6. The second kappa shape index (κ2) is 7.19. The van der Waals surface area contributed by atoms with Gasteiger partial charge in [-0.2, -0.15) is 5.10 Å². The van der Waals surface area contributed by atoms with Crippen molar-refractivity contribution in [2.45, 2.75) is 50.7 Å². The largest absolute Gasteiger partial charge is 0.446 e. The van der Waals surface area contributed by atoms with Crippen LogP contribution < -0.4 is 10.6 Å². The lowest BCUT2D eigenvalue weighted by molar-refractivity contribution is -0.0635. The van der Waals surface area contributed by atoms with E-state index in [-0.39, 0.29) is 17.7 Å². The molecule has 8 nitrogen and oxygen atoms in total. The molecule has 0 aromatic carbocycles. The molecule has 1 amide bonds. The highest BCUT2D eigenvalue weighted by molar-refractivity contribution is 5.68. The number of hydrogen-bond donors (Lipinski definition) is 3. The molecule has 1 saturated heterocycles. The normalized spacial score (nSPS) is 23.5. The number of carbonyl (C=O) groups excluding carboxylic acids is 1. The number of rotatable bonds is 5. The number of pyridine rings is 1. The van der Waals surface area contributed by atoms with Crippen molar-refractivity contribution < 1.29 is 14.3 Å². The first kappa shape index (κ1) is 17.8. The number of nitrogens with zero attached hydrogens (tertiary/aromatic N) is 2. The van der Waals surface area contributed by atoms with Gasteiger partial charge in [0.05, 0.1) is 30.1 Å². The number of aromatic nitrogens is 3. The second-order valence-corrected chi connectivity index (χ2v) is 7.69. The summed E-state index contributed by atoms with van der Waals surface area (Å²) in [6.45, 7) is 4.99.